The summed E-state index contributed by atoms with van der Waals surface area (Å²) in [5.41, 5.74) is 1.76. The molecule has 0 saturated carbocycles. The molecular weight excluding hydrogens is 344 g/mol. The van der Waals surface area contributed by atoms with Crippen molar-refractivity contribution in [1.29, 1.82) is 0 Å². The Morgan fingerprint density at radius 1 is 1.19 bits per heavy atom. The van der Waals surface area contributed by atoms with E-state index >= 15 is 0 Å². The molecule has 0 unspecified atom stereocenters. The van der Waals surface area contributed by atoms with Crippen molar-refractivity contribution < 1.29 is 18.7 Å². The molecule has 1 aromatic carbocycles. The Morgan fingerprint density at radius 2 is 1.93 bits per heavy atom. The van der Waals surface area contributed by atoms with E-state index in [0.717, 1.165) is 42.2 Å². The molecule has 2 aliphatic heterocycles. The molecule has 5 heteroatoms. The molecule has 0 saturated heterocycles. The van der Waals surface area contributed by atoms with Crippen LogP contribution in [0.2, 0.25) is 0 Å². The smallest absolute Gasteiger partial charge is 0.336 e. The Hall–Kier alpha value is -2.30. The normalized spacial score (nSPS) is 23.4. The van der Waals surface area contributed by atoms with Gasteiger partial charge in [0.15, 0.2) is 11.4 Å². The molecule has 144 valence electrons. The van der Waals surface area contributed by atoms with Crippen molar-refractivity contribution in [2.75, 3.05) is 0 Å². The summed E-state index contributed by atoms with van der Waals surface area (Å²) in [7, 11) is 0. The number of hydrogen-bond donors (Lipinski definition) is 0. The number of hydrogen-bond acceptors (Lipinski definition) is 5. The highest BCUT2D eigenvalue weighted by atomic mass is 16.5. The average Bonchev–Trinajstić information content (AvgIpc) is 2.58. The summed E-state index contributed by atoms with van der Waals surface area (Å²) in [6.07, 6.45) is 2.97. The summed E-state index contributed by atoms with van der Waals surface area (Å²) in [5.74, 6) is 0.931. The number of benzene rings is 1. The number of carbonyl (C=O) groups is 1. The predicted octanol–water partition coefficient (Wildman–Crippen LogP) is 4.45. The van der Waals surface area contributed by atoms with Crippen LogP contribution in [0.25, 0.3) is 11.0 Å². The summed E-state index contributed by atoms with van der Waals surface area (Å²) in [6.45, 7) is 9.93. The van der Waals surface area contributed by atoms with Crippen LogP contribution in [-0.4, -0.2) is 17.5 Å². The first-order valence-electron chi connectivity index (χ1n) is 9.79. The maximum Gasteiger partial charge on any atom is 0.336 e. The highest BCUT2D eigenvalue weighted by Gasteiger charge is 2.40. The highest BCUT2D eigenvalue weighted by Crippen LogP contribution is 2.49. The second-order valence-corrected chi connectivity index (χ2v) is 8.39. The molecule has 0 spiro atoms. The average molecular weight is 370 g/mol. The van der Waals surface area contributed by atoms with Gasteiger partial charge in [0, 0.05) is 11.6 Å². The van der Waals surface area contributed by atoms with Gasteiger partial charge >= 0.3 is 5.63 Å². The number of ketones is 1. The fourth-order valence-electron chi connectivity index (χ4n) is 4.12. The van der Waals surface area contributed by atoms with Gasteiger partial charge in [-0.25, -0.2) is 4.79 Å². The van der Waals surface area contributed by atoms with Crippen molar-refractivity contribution in [3.63, 3.8) is 0 Å². The zero-order valence-electron chi connectivity index (χ0n) is 16.6. The van der Waals surface area contributed by atoms with Gasteiger partial charge in [0.2, 0.25) is 0 Å². The van der Waals surface area contributed by atoms with E-state index in [4.69, 9.17) is 13.9 Å². The fraction of sp³-hybridized carbons (Fsp3) is 0.545. The van der Waals surface area contributed by atoms with E-state index in [1.54, 1.807) is 0 Å². The monoisotopic (exact) mass is 370 g/mol. The van der Waals surface area contributed by atoms with Crippen LogP contribution in [-0.2, 0) is 12.8 Å². The van der Waals surface area contributed by atoms with E-state index in [0.29, 0.717) is 22.6 Å². The molecule has 0 N–H and O–H groups in total. The first kappa shape index (κ1) is 18.1. The molecule has 0 fully saturated rings. The van der Waals surface area contributed by atoms with Crippen LogP contribution < -0.4 is 15.1 Å². The van der Waals surface area contributed by atoms with Gasteiger partial charge in [-0.15, -0.1) is 0 Å². The molecule has 3 heterocycles. The highest BCUT2D eigenvalue weighted by molar-refractivity contribution is 6.13. The van der Waals surface area contributed by atoms with E-state index in [2.05, 4.69) is 20.8 Å². The lowest BCUT2D eigenvalue weighted by Crippen LogP contribution is -2.37. The van der Waals surface area contributed by atoms with Crippen molar-refractivity contribution in [1.82, 2.24) is 0 Å². The molecule has 1 aromatic heterocycles. The lowest BCUT2D eigenvalue weighted by Gasteiger charge is -2.37. The van der Waals surface area contributed by atoms with Crippen molar-refractivity contribution in [3.05, 3.63) is 33.2 Å². The Bertz CT molecular complexity index is 998. The zero-order chi connectivity index (χ0) is 19.5. The lowest BCUT2D eigenvalue weighted by molar-refractivity contribution is 0.0690. The minimum atomic E-state index is -0.442. The Balaban J connectivity index is 2.15. The molecule has 2 aromatic rings. The van der Waals surface area contributed by atoms with Crippen LogP contribution >= 0.6 is 0 Å². The molecule has 0 radical (unpaired) electrons. The molecule has 0 aliphatic carbocycles. The van der Waals surface area contributed by atoms with Crippen LogP contribution in [0, 0.1) is 5.92 Å². The molecular formula is C22H26O5. The predicted molar refractivity (Wildman–Crippen MR) is 103 cm³/mol. The number of fused-ring (bicyclic) bond motifs is 6. The van der Waals surface area contributed by atoms with Crippen LogP contribution in [0.5, 0.6) is 11.5 Å². The van der Waals surface area contributed by atoms with Gasteiger partial charge in [-0.05, 0) is 45.6 Å². The van der Waals surface area contributed by atoms with Crippen LogP contribution in [0.15, 0.2) is 15.3 Å². The summed E-state index contributed by atoms with van der Waals surface area (Å²) < 4.78 is 18.1. The van der Waals surface area contributed by atoms with E-state index in [9.17, 15) is 9.59 Å². The van der Waals surface area contributed by atoms with Gasteiger partial charge in [-0.1, -0.05) is 20.3 Å². The molecule has 0 bridgehead atoms. The van der Waals surface area contributed by atoms with Gasteiger partial charge in [-0.3, -0.25) is 4.79 Å². The van der Waals surface area contributed by atoms with Gasteiger partial charge < -0.3 is 13.9 Å². The Morgan fingerprint density at radius 3 is 2.63 bits per heavy atom. The topological polar surface area (TPSA) is 65.7 Å². The number of aryl methyl sites for hydroxylation is 1. The lowest BCUT2D eigenvalue weighted by atomic mass is 9.84. The first-order valence-corrected chi connectivity index (χ1v) is 9.79. The van der Waals surface area contributed by atoms with E-state index in [1.807, 2.05) is 13.8 Å². The van der Waals surface area contributed by atoms with Crippen molar-refractivity contribution in [2.45, 2.75) is 72.0 Å². The summed E-state index contributed by atoms with van der Waals surface area (Å²) in [5, 5.41) is 0.761. The number of carbonyl (C=O) groups excluding carboxylic acids is 1. The molecule has 0 amide bonds. The quantitative estimate of drug-likeness (QED) is 0.731. The molecule has 2 atom stereocenters. The maximum atomic E-state index is 13.2. The van der Waals surface area contributed by atoms with Crippen LogP contribution in [0.4, 0.5) is 0 Å². The van der Waals surface area contributed by atoms with Gasteiger partial charge in [0.25, 0.3) is 0 Å². The van der Waals surface area contributed by atoms with E-state index in [-0.39, 0.29) is 23.4 Å². The molecule has 5 nitrogen and oxygen atoms in total. The minimum absolute atomic E-state index is 0.0295. The third kappa shape index (κ3) is 2.75. The van der Waals surface area contributed by atoms with E-state index in [1.165, 1.54) is 6.07 Å². The van der Waals surface area contributed by atoms with E-state index < -0.39 is 5.63 Å². The number of rotatable bonds is 2. The molecule has 2 aliphatic rings. The minimum Gasteiger partial charge on any atom is -0.489 e. The van der Waals surface area contributed by atoms with Gasteiger partial charge in [-0.2, -0.15) is 0 Å². The van der Waals surface area contributed by atoms with Crippen molar-refractivity contribution in [2.24, 2.45) is 5.92 Å². The summed E-state index contributed by atoms with van der Waals surface area (Å²) in [4.78, 5) is 25.4. The zero-order valence-corrected chi connectivity index (χ0v) is 16.6. The van der Waals surface area contributed by atoms with Crippen LogP contribution in [0.1, 0.15) is 68.9 Å². The third-order valence-electron chi connectivity index (χ3n) is 5.81. The number of ether oxygens (including phenoxy) is 2. The third-order valence-corrected chi connectivity index (χ3v) is 5.81. The standard InChI is InChI=1S/C22H26O5/c1-6-7-13-10-15(23)26-21-16(13)20-14(8-9-22(4,5)27-20)19-17(21)18(24)11(2)12(3)25-19/h10-12H,6-9H2,1-5H3/t11-,12+/m0/s1. The fourth-order valence-corrected chi connectivity index (χ4v) is 4.12. The summed E-state index contributed by atoms with van der Waals surface area (Å²) in [6, 6.07) is 1.53. The number of Topliss-reactive ketones (excluding diaryl/α,β-unsaturated/α-hetero) is 1. The SMILES string of the molecule is CCCc1cc(=O)oc2c3c(c4c(c12)OC(C)(C)CC4)O[C@H](C)[C@H](C)C3=O. The maximum absolute atomic E-state index is 13.2. The van der Waals surface area contributed by atoms with Crippen LogP contribution in [0.3, 0.4) is 0 Å². The van der Waals surface area contributed by atoms with Gasteiger partial charge in [0.05, 0.1) is 11.3 Å². The summed E-state index contributed by atoms with van der Waals surface area (Å²) >= 11 is 0. The first-order chi connectivity index (χ1) is 12.7. The van der Waals surface area contributed by atoms with Gasteiger partial charge in [0.1, 0.15) is 28.8 Å². The van der Waals surface area contributed by atoms with Crippen molar-refractivity contribution in [3.8, 4) is 11.5 Å². The van der Waals surface area contributed by atoms with Crippen molar-refractivity contribution >= 4 is 16.8 Å². The second kappa shape index (κ2) is 6.11. The molecule has 27 heavy (non-hydrogen) atoms. The molecule has 4 rings (SSSR count). The largest absolute Gasteiger partial charge is 0.489 e. The second-order valence-electron chi connectivity index (χ2n) is 8.39. The Kier molecular flexibility index (Phi) is 4.09. The Labute approximate surface area is 158 Å².